The van der Waals surface area contributed by atoms with Crippen molar-refractivity contribution in [1.82, 2.24) is 20.0 Å². The molecule has 4 heterocycles. The molecule has 0 unspecified atom stereocenters. The van der Waals surface area contributed by atoms with Crippen molar-refractivity contribution in [3.05, 3.63) is 48.6 Å². The van der Waals surface area contributed by atoms with Crippen LogP contribution in [0.4, 0.5) is 0 Å². The molecule has 1 amide bonds. The van der Waals surface area contributed by atoms with Crippen LogP contribution >= 0.6 is 0 Å². The highest BCUT2D eigenvalue weighted by molar-refractivity contribution is 5.82. The Balaban J connectivity index is 1.14. The predicted octanol–water partition coefficient (Wildman–Crippen LogP) is 1.81. The first-order valence-corrected chi connectivity index (χ1v) is 9.52. The Morgan fingerprint density at radius 2 is 1.86 bits per heavy atom. The third-order valence-corrected chi connectivity index (χ3v) is 5.03. The van der Waals surface area contributed by atoms with Gasteiger partial charge in [-0.1, -0.05) is 12.1 Å². The number of para-hydroxylation sites is 2. The molecular weight excluding hydrogens is 376 g/mol. The molecule has 3 aromatic rings. The second-order valence-electron chi connectivity index (χ2n) is 6.94. The topological polar surface area (TPSA) is 94.1 Å². The number of benzene rings is 1. The molecule has 9 nitrogen and oxygen atoms in total. The molecule has 9 heteroatoms. The average Bonchev–Trinajstić information content (AvgIpc) is 3.45. The van der Waals surface area contributed by atoms with Crippen molar-refractivity contribution in [2.75, 3.05) is 32.8 Å². The summed E-state index contributed by atoms with van der Waals surface area (Å²) in [5, 5.41) is 8.09. The Morgan fingerprint density at radius 1 is 1.03 bits per heavy atom. The first-order valence-electron chi connectivity index (χ1n) is 9.52. The number of hydrogen-bond donors (Lipinski definition) is 0. The first kappa shape index (κ1) is 17.7. The molecule has 1 fully saturated rings. The minimum absolute atomic E-state index is 0.0444. The number of hydrogen-bond acceptors (Lipinski definition) is 8. The number of ether oxygens (including phenoxy) is 2. The van der Waals surface area contributed by atoms with E-state index in [4.69, 9.17) is 18.3 Å². The van der Waals surface area contributed by atoms with E-state index in [2.05, 4.69) is 15.1 Å². The van der Waals surface area contributed by atoms with Gasteiger partial charge in [-0.05, 0) is 24.3 Å². The molecule has 1 aromatic carbocycles. The maximum atomic E-state index is 12.8. The van der Waals surface area contributed by atoms with Gasteiger partial charge in [0, 0.05) is 26.2 Å². The van der Waals surface area contributed by atoms with Crippen LogP contribution in [-0.2, 0) is 11.3 Å². The standard InChI is InChI=1S/C20H20N4O5/c25-20(17-13-27-14-4-1-2-5-15(14)28-17)24-9-7-23(8-10-24)12-18-21-22-19(29-18)16-6-3-11-26-16/h1-6,11,17H,7-10,12-13H2/t17-/m1/s1. The van der Waals surface area contributed by atoms with Crippen molar-refractivity contribution in [2.24, 2.45) is 0 Å². The van der Waals surface area contributed by atoms with E-state index in [9.17, 15) is 4.79 Å². The summed E-state index contributed by atoms with van der Waals surface area (Å²) in [6, 6.07) is 10.9. The van der Waals surface area contributed by atoms with Gasteiger partial charge in [-0.25, -0.2) is 0 Å². The van der Waals surface area contributed by atoms with Gasteiger partial charge in [-0.2, -0.15) is 0 Å². The molecule has 2 aliphatic heterocycles. The molecule has 2 aliphatic rings. The molecule has 0 bridgehead atoms. The number of fused-ring (bicyclic) bond motifs is 1. The average molecular weight is 396 g/mol. The van der Waals surface area contributed by atoms with Gasteiger partial charge in [0.25, 0.3) is 11.8 Å². The predicted molar refractivity (Wildman–Crippen MR) is 100 cm³/mol. The number of amides is 1. The van der Waals surface area contributed by atoms with Crippen LogP contribution in [0.25, 0.3) is 11.7 Å². The first-order chi connectivity index (χ1) is 14.3. The van der Waals surface area contributed by atoms with E-state index in [0.29, 0.717) is 61.8 Å². The molecule has 0 radical (unpaired) electrons. The fourth-order valence-corrected chi connectivity index (χ4v) is 3.48. The van der Waals surface area contributed by atoms with Crippen LogP contribution in [0.1, 0.15) is 5.89 Å². The van der Waals surface area contributed by atoms with Gasteiger partial charge < -0.3 is 23.2 Å². The van der Waals surface area contributed by atoms with Gasteiger partial charge in [-0.15, -0.1) is 10.2 Å². The van der Waals surface area contributed by atoms with E-state index in [-0.39, 0.29) is 12.5 Å². The summed E-state index contributed by atoms with van der Waals surface area (Å²) in [7, 11) is 0. The molecule has 0 N–H and O–H groups in total. The van der Waals surface area contributed by atoms with Gasteiger partial charge in [0.2, 0.25) is 12.0 Å². The quantitative estimate of drug-likeness (QED) is 0.659. The zero-order valence-corrected chi connectivity index (χ0v) is 15.7. The zero-order chi connectivity index (χ0) is 19.6. The van der Waals surface area contributed by atoms with Crippen molar-refractivity contribution in [2.45, 2.75) is 12.6 Å². The van der Waals surface area contributed by atoms with Crippen LogP contribution in [0.2, 0.25) is 0 Å². The molecule has 29 heavy (non-hydrogen) atoms. The largest absolute Gasteiger partial charge is 0.485 e. The SMILES string of the molecule is O=C([C@H]1COc2ccccc2O1)N1CCN(Cc2nnc(-c3ccco3)o2)CC1. The normalized spacial score (nSPS) is 19.3. The number of piperazine rings is 1. The summed E-state index contributed by atoms with van der Waals surface area (Å²) in [6.45, 7) is 3.42. The summed E-state index contributed by atoms with van der Waals surface area (Å²) in [6.07, 6.45) is 0.956. The van der Waals surface area contributed by atoms with Gasteiger partial charge in [-0.3, -0.25) is 9.69 Å². The van der Waals surface area contributed by atoms with E-state index in [0.717, 1.165) is 0 Å². The van der Waals surface area contributed by atoms with Gasteiger partial charge in [0.05, 0.1) is 12.8 Å². The number of aromatic nitrogens is 2. The van der Waals surface area contributed by atoms with E-state index < -0.39 is 6.10 Å². The van der Waals surface area contributed by atoms with Crippen LogP contribution in [0, 0.1) is 0 Å². The van der Waals surface area contributed by atoms with Crippen LogP contribution in [0.15, 0.2) is 51.5 Å². The number of rotatable bonds is 4. The molecule has 5 rings (SSSR count). The lowest BCUT2D eigenvalue weighted by atomic mass is 10.2. The van der Waals surface area contributed by atoms with Crippen LogP contribution < -0.4 is 9.47 Å². The molecule has 2 aromatic heterocycles. The molecule has 1 saturated heterocycles. The fourth-order valence-electron chi connectivity index (χ4n) is 3.48. The minimum Gasteiger partial charge on any atom is -0.485 e. The lowest BCUT2D eigenvalue weighted by Gasteiger charge is -2.36. The van der Waals surface area contributed by atoms with Crippen LogP contribution in [-0.4, -0.2) is 64.8 Å². The third kappa shape index (κ3) is 3.68. The molecule has 0 aliphatic carbocycles. The van der Waals surface area contributed by atoms with E-state index in [1.165, 1.54) is 0 Å². The van der Waals surface area contributed by atoms with Gasteiger partial charge in [0.1, 0.15) is 6.61 Å². The van der Waals surface area contributed by atoms with Crippen LogP contribution in [0.5, 0.6) is 11.5 Å². The second-order valence-corrected chi connectivity index (χ2v) is 6.94. The maximum Gasteiger partial charge on any atom is 0.283 e. The lowest BCUT2D eigenvalue weighted by molar-refractivity contribution is -0.143. The highest BCUT2D eigenvalue weighted by atomic mass is 16.6. The zero-order valence-electron chi connectivity index (χ0n) is 15.7. The summed E-state index contributed by atoms with van der Waals surface area (Å²) in [5.74, 6) is 2.69. The Labute approximate surface area is 166 Å². The Morgan fingerprint density at radius 3 is 2.66 bits per heavy atom. The molecule has 150 valence electrons. The smallest absolute Gasteiger partial charge is 0.283 e. The highest BCUT2D eigenvalue weighted by Crippen LogP contribution is 2.31. The van der Waals surface area contributed by atoms with Crippen molar-refractivity contribution in [3.63, 3.8) is 0 Å². The van der Waals surface area contributed by atoms with Crippen molar-refractivity contribution < 1.29 is 23.1 Å². The van der Waals surface area contributed by atoms with Crippen molar-refractivity contribution in [3.8, 4) is 23.1 Å². The van der Waals surface area contributed by atoms with Crippen molar-refractivity contribution in [1.29, 1.82) is 0 Å². The summed E-state index contributed by atoms with van der Waals surface area (Å²) >= 11 is 0. The number of furan rings is 1. The molecular formula is C20H20N4O5. The number of carbonyl (C=O) groups is 1. The summed E-state index contributed by atoms with van der Waals surface area (Å²) in [5.41, 5.74) is 0. The minimum atomic E-state index is -0.608. The second kappa shape index (κ2) is 7.59. The van der Waals surface area contributed by atoms with Gasteiger partial charge in [0.15, 0.2) is 17.3 Å². The van der Waals surface area contributed by atoms with E-state index in [1.807, 2.05) is 29.2 Å². The van der Waals surface area contributed by atoms with Crippen molar-refractivity contribution >= 4 is 5.91 Å². The Kier molecular flexibility index (Phi) is 4.65. The monoisotopic (exact) mass is 396 g/mol. The Bertz CT molecular complexity index is 978. The molecule has 0 saturated carbocycles. The molecule has 0 spiro atoms. The third-order valence-electron chi connectivity index (χ3n) is 5.03. The van der Waals surface area contributed by atoms with Gasteiger partial charge >= 0.3 is 0 Å². The van der Waals surface area contributed by atoms with E-state index >= 15 is 0 Å². The van der Waals surface area contributed by atoms with Crippen LogP contribution in [0.3, 0.4) is 0 Å². The number of nitrogens with zero attached hydrogens (tertiary/aromatic N) is 4. The summed E-state index contributed by atoms with van der Waals surface area (Å²) in [4.78, 5) is 16.8. The number of carbonyl (C=O) groups excluding carboxylic acids is 1. The lowest BCUT2D eigenvalue weighted by Crippen LogP contribution is -2.53. The molecule has 1 atom stereocenters. The summed E-state index contributed by atoms with van der Waals surface area (Å²) < 4.78 is 22.4. The van der Waals surface area contributed by atoms with E-state index in [1.54, 1.807) is 18.4 Å². The highest BCUT2D eigenvalue weighted by Gasteiger charge is 2.32. The fraction of sp³-hybridized carbons (Fsp3) is 0.350. The maximum absolute atomic E-state index is 12.8. The Hall–Kier alpha value is -3.33.